The molecule has 4 heterocycles. The third kappa shape index (κ3) is 5.46. The predicted molar refractivity (Wildman–Crippen MR) is 151 cm³/mol. The third-order valence-electron chi connectivity index (χ3n) is 8.03. The molecule has 1 aliphatic heterocycles. The maximum absolute atomic E-state index is 13.9. The molecule has 1 fully saturated rings. The Hall–Kier alpha value is -4.30. The van der Waals surface area contributed by atoms with Gasteiger partial charge in [0.15, 0.2) is 0 Å². The van der Waals surface area contributed by atoms with E-state index >= 15 is 0 Å². The number of hydrogen-bond acceptors (Lipinski definition) is 6. The summed E-state index contributed by atoms with van der Waals surface area (Å²) in [7, 11) is 1.65. The van der Waals surface area contributed by atoms with Crippen LogP contribution in [0.5, 0.6) is 0 Å². The van der Waals surface area contributed by atoms with Gasteiger partial charge in [-0.25, -0.2) is 14.4 Å². The normalized spacial score (nSPS) is 18.7. The van der Waals surface area contributed by atoms with E-state index in [1.54, 1.807) is 37.4 Å². The van der Waals surface area contributed by atoms with Gasteiger partial charge in [0, 0.05) is 38.3 Å². The highest BCUT2D eigenvalue weighted by Crippen LogP contribution is 2.38. The topological polar surface area (TPSA) is 78.0 Å². The molecule has 0 amide bonds. The van der Waals surface area contributed by atoms with Crippen LogP contribution in [0.25, 0.3) is 11.0 Å². The third-order valence-corrected chi connectivity index (χ3v) is 8.03. The molecule has 1 unspecified atom stereocenters. The van der Waals surface area contributed by atoms with E-state index in [0.717, 1.165) is 6.07 Å². The maximum Gasteiger partial charge on any atom is 0.433 e. The Kier molecular flexibility index (Phi) is 8.01. The molecular weight excluding hydrogens is 548 g/mol. The van der Waals surface area contributed by atoms with Gasteiger partial charge in [0.1, 0.15) is 28.8 Å². The van der Waals surface area contributed by atoms with Gasteiger partial charge in [-0.3, -0.25) is 9.69 Å². The molecule has 3 aromatic heterocycles. The number of benzene rings is 1. The first-order valence-corrected chi connectivity index (χ1v) is 13.8. The summed E-state index contributed by atoms with van der Waals surface area (Å²) in [5.74, 6) is -0.445. The Labute approximate surface area is 240 Å². The van der Waals surface area contributed by atoms with Crippen molar-refractivity contribution in [2.75, 3.05) is 18.0 Å². The number of aromatic nitrogens is 3. The lowest BCUT2D eigenvalue weighted by Crippen LogP contribution is -2.59. The largest absolute Gasteiger partial charge is 0.433 e. The van der Waals surface area contributed by atoms with Crippen LogP contribution in [-0.2, 0) is 13.2 Å². The van der Waals surface area contributed by atoms with Crippen LogP contribution in [0, 0.1) is 17.1 Å². The van der Waals surface area contributed by atoms with Crippen LogP contribution >= 0.6 is 0 Å². The number of nitrogens with zero attached hydrogens (tertiary/aromatic N) is 6. The van der Waals surface area contributed by atoms with Crippen molar-refractivity contribution < 1.29 is 17.6 Å². The van der Waals surface area contributed by atoms with E-state index in [1.165, 1.54) is 28.8 Å². The van der Waals surface area contributed by atoms with Gasteiger partial charge in [-0.1, -0.05) is 32.0 Å². The second kappa shape index (κ2) is 11.5. The maximum atomic E-state index is 13.9. The van der Waals surface area contributed by atoms with Crippen molar-refractivity contribution in [2.24, 2.45) is 7.05 Å². The molecule has 0 spiro atoms. The molecule has 1 aromatic carbocycles. The standard InChI is InChI=1S/C31H30F4N6O/c1-4-22-18-41(30(19-9-11-20(32)12-10-19)24-7-6-8-27(38-24)31(33,34)35)23(5-2)17-40(22)26-15-28(42)39(3)25-14-13-21(16-36)37-29(25)26/h6-15,22-23,30H,4-5,17-18H2,1-3H3/t22-,23+,30?/m0/s1. The number of hydrogen-bond donors (Lipinski definition) is 0. The summed E-state index contributed by atoms with van der Waals surface area (Å²) >= 11 is 0. The Bertz CT molecular complexity index is 1700. The molecule has 4 aromatic rings. The molecular formula is C31H30F4N6O. The van der Waals surface area contributed by atoms with Gasteiger partial charge in [0.2, 0.25) is 0 Å². The van der Waals surface area contributed by atoms with Gasteiger partial charge < -0.3 is 9.47 Å². The van der Waals surface area contributed by atoms with Gasteiger partial charge >= 0.3 is 6.18 Å². The van der Waals surface area contributed by atoms with E-state index in [4.69, 9.17) is 0 Å². The minimum absolute atomic E-state index is 0.149. The molecule has 7 nitrogen and oxygen atoms in total. The van der Waals surface area contributed by atoms with Crippen molar-refractivity contribution in [1.82, 2.24) is 19.4 Å². The van der Waals surface area contributed by atoms with Crippen LogP contribution in [0.1, 0.15) is 55.4 Å². The number of pyridine rings is 3. The van der Waals surface area contributed by atoms with Gasteiger partial charge in [-0.05, 0) is 54.8 Å². The summed E-state index contributed by atoms with van der Waals surface area (Å²) in [6, 6.07) is 15.5. The number of aryl methyl sites for hydroxylation is 1. The van der Waals surface area contributed by atoms with Crippen LogP contribution in [-0.4, -0.2) is 44.6 Å². The van der Waals surface area contributed by atoms with E-state index in [0.29, 0.717) is 48.2 Å². The Morgan fingerprint density at radius 2 is 1.71 bits per heavy atom. The molecule has 218 valence electrons. The highest BCUT2D eigenvalue weighted by Gasteiger charge is 2.40. The van der Waals surface area contributed by atoms with Crippen LogP contribution in [0.4, 0.5) is 23.2 Å². The minimum Gasteiger partial charge on any atom is -0.364 e. The number of nitriles is 1. The number of alkyl halides is 3. The fourth-order valence-electron chi connectivity index (χ4n) is 5.83. The SMILES string of the molecule is CC[C@H]1CN(C(c2ccc(F)cc2)c2cccc(C(F)(F)F)n2)[C@H](CC)CN1c1cc(=O)n(C)c2ccc(C#N)nc12. The van der Waals surface area contributed by atoms with E-state index in [1.807, 2.05) is 13.8 Å². The van der Waals surface area contributed by atoms with Crippen molar-refractivity contribution in [3.8, 4) is 6.07 Å². The van der Waals surface area contributed by atoms with Crippen LogP contribution in [0.15, 0.2) is 65.5 Å². The van der Waals surface area contributed by atoms with E-state index in [2.05, 4.69) is 25.8 Å². The number of rotatable bonds is 6. The van der Waals surface area contributed by atoms with E-state index in [-0.39, 0.29) is 29.0 Å². The highest BCUT2D eigenvalue weighted by molar-refractivity contribution is 5.89. The average Bonchev–Trinajstić information content (AvgIpc) is 2.99. The fraction of sp³-hybridized carbons (Fsp3) is 0.355. The zero-order chi connectivity index (χ0) is 30.2. The lowest BCUT2D eigenvalue weighted by atomic mass is 9.93. The quantitative estimate of drug-likeness (QED) is 0.268. The number of fused-ring (bicyclic) bond motifs is 1. The first kappa shape index (κ1) is 29.2. The molecule has 0 N–H and O–H groups in total. The summed E-state index contributed by atoms with van der Waals surface area (Å²) in [4.78, 5) is 25.8. The second-order valence-electron chi connectivity index (χ2n) is 10.5. The summed E-state index contributed by atoms with van der Waals surface area (Å²) in [5.41, 5.74) is 1.62. The zero-order valence-corrected chi connectivity index (χ0v) is 23.4. The number of anilines is 1. The van der Waals surface area contributed by atoms with Crippen LogP contribution in [0.3, 0.4) is 0 Å². The van der Waals surface area contributed by atoms with Crippen molar-refractivity contribution >= 4 is 16.7 Å². The average molecular weight is 579 g/mol. The van der Waals surface area contributed by atoms with E-state index in [9.17, 15) is 27.6 Å². The summed E-state index contributed by atoms with van der Waals surface area (Å²) in [6.07, 6.45) is -3.31. The van der Waals surface area contributed by atoms with Crippen LogP contribution in [0.2, 0.25) is 0 Å². The monoisotopic (exact) mass is 578 g/mol. The lowest BCUT2D eigenvalue weighted by Gasteiger charge is -2.50. The van der Waals surface area contributed by atoms with Crippen molar-refractivity contribution in [3.05, 3.63) is 99.5 Å². The van der Waals surface area contributed by atoms with Crippen LogP contribution < -0.4 is 10.5 Å². The summed E-state index contributed by atoms with van der Waals surface area (Å²) < 4.78 is 56.5. The number of halogens is 4. The molecule has 0 saturated carbocycles. The van der Waals surface area contributed by atoms with Gasteiger partial charge in [0.05, 0.1) is 22.9 Å². The molecule has 0 radical (unpaired) electrons. The second-order valence-corrected chi connectivity index (χ2v) is 10.5. The van der Waals surface area contributed by atoms with Gasteiger partial charge in [0.25, 0.3) is 5.56 Å². The lowest BCUT2D eigenvalue weighted by molar-refractivity contribution is -0.141. The molecule has 1 saturated heterocycles. The molecule has 11 heteroatoms. The fourth-order valence-corrected chi connectivity index (χ4v) is 5.83. The number of piperazine rings is 1. The minimum atomic E-state index is -4.62. The predicted octanol–water partition coefficient (Wildman–Crippen LogP) is 5.83. The smallest absolute Gasteiger partial charge is 0.364 e. The van der Waals surface area contributed by atoms with Crippen molar-refractivity contribution in [2.45, 2.75) is 51.0 Å². The molecule has 1 aliphatic rings. The van der Waals surface area contributed by atoms with E-state index < -0.39 is 23.7 Å². The highest BCUT2D eigenvalue weighted by atomic mass is 19.4. The molecule has 0 aliphatic carbocycles. The van der Waals surface area contributed by atoms with Crippen molar-refractivity contribution in [1.29, 1.82) is 5.26 Å². The Morgan fingerprint density at radius 1 is 1.00 bits per heavy atom. The first-order valence-electron chi connectivity index (χ1n) is 13.8. The van der Waals surface area contributed by atoms with Crippen molar-refractivity contribution in [3.63, 3.8) is 0 Å². The first-order chi connectivity index (χ1) is 20.0. The molecule has 5 rings (SSSR count). The zero-order valence-electron chi connectivity index (χ0n) is 23.4. The Morgan fingerprint density at radius 3 is 2.36 bits per heavy atom. The van der Waals surface area contributed by atoms with Gasteiger partial charge in [-0.2, -0.15) is 18.4 Å². The summed E-state index contributed by atoms with van der Waals surface area (Å²) in [6.45, 7) is 4.89. The molecule has 42 heavy (non-hydrogen) atoms. The Balaban J connectivity index is 1.63. The molecule has 3 atom stereocenters. The molecule has 0 bridgehead atoms. The summed E-state index contributed by atoms with van der Waals surface area (Å²) in [5, 5.41) is 9.50. The van der Waals surface area contributed by atoms with Gasteiger partial charge in [-0.15, -0.1) is 0 Å².